The number of rotatable bonds is 11. The molecule has 0 saturated heterocycles. The summed E-state index contributed by atoms with van der Waals surface area (Å²) in [6.45, 7) is 4.20. The molecule has 0 aliphatic carbocycles. The highest BCUT2D eigenvalue weighted by Crippen LogP contribution is 2.23. The molecule has 0 bridgehead atoms. The van der Waals surface area contributed by atoms with Gasteiger partial charge in [-0.2, -0.15) is 0 Å². The fourth-order valence-electron chi connectivity index (χ4n) is 3.96. The lowest BCUT2D eigenvalue weighted by atomic mass is 10.0. The van der Waals surface area contributed by atoms with Crippen LogP contribution < -0.4 is 16.0 Å². The van der Waals surface area contributed by atoms with Gasteiger partial charge in [0.15, 0.2) is 0 Å². The van der Waals surface area contributed by atoms with Crippen LogP contribution in [-0.2, 0) is 9.59 Å². The van der Waals surface area contributed by atoms with E-state index in [1.54, 1.807) is 54.6 Å². The number of hydrogen-bond acceptors (Lipinski definition) is 6. The molecular weight excluding hydrogens is 564 g/mol. The maximum absolute atomic E-state index is 13.4. The Bertz CT molecular complexity index is 1640. The number of benzene rings is 4. The second kappa shape index (κ2) is 14.6. The Morgan fingerprint density at radius 3 is 2.19 bits per heavy atom. The van der Waals surface area contributed by atoms with Crippen molar-refractivity contribution in [2.45, 2.75) is 24.7 Å². The van der Waals surface area contributed by atoms with Gasteiger partial charge in [-0.1, -0.05) is 62.4 Å². The quantitative estimate of drug-likeness (QED) is 0.0753. The first-order chi connectivity index (χ1) is 20.7. The number of hydrogen-bond donors (Lipinski definition) is 3. The summed E-state index contributed by atoms with van der Waals surface area (Å²) in [4.78, 5) is 49.8. The molecule has 0 fully saturated rings. The van der Waals surface area contributed by atoms with E-state index in [-0.39, 0.29) is 23.0 Å². The van der Waals surface area contributed by atoms with Crippen molar-refractivity contribution in [3.8, 4) is 0 Å². The number of amides is 3. The summed E-state index contributed by atoms with van der Waals surface area (Å²) in [5.41, 5.74) is 3.29. The van der Waals surface area contributed by atoms with E-state index in [4.69, 9.17) is 0 Å². The molecule has 218 valence electrons. The third kappa shape index (κ3) is 9.14. The van der Waals surface area contributed by atoms with Crippen molar-refractivity contribution < 1.29 is 19.3 Å². The Hall–Kier alpha value is -5.22. The van der Waals surface area contributed by atoms with Gasteiger partial charge in [-0.25, -0.2) is 0 Å². The molecular formula is C33H30N4O5S. The molecule has 0 aliphatic heterocycles. The molecule has 0 atom stereocenters. The summed E-state index contributed by atoms with van der Waals surface area (Å²) in [6.07, 6.45) is 1.63. The van der Waals surface area contributed by atoms with E-state index in [2.05, 4.69) is 29.8 Å². The maximum Gasteiger partial charge on any atom is 0.272 e. The fraction of sp³-hybridized carbons (Fsp3) is 0.121. The highest BCUT2D eigenvalue weighted by atomic mass is 32.2. The van der Waals surface area contributed by atoms with Gasteiger partial charge in [0, 0.05) is 34.0 Å². The van der Waals surface area contributed by atoms with E-state index < -0.39 is 16.7 Å². The topological polar surface area (TPSA) is 130 Å². The van der Waals surface area contributed by atoms with Gasteiger partial charge in [0.05, 0.1) is 10.7 Å². The van der Waals surface area contributed by atoms with Crippen molar-refractivity contribution >= 4 is 52.6 Å². The van der Waals surface area contributed by atoms with Crippen LogP contribution in [-0.4, -0.2) is 28.4 Å². The van der Waals surface area contributed by atoms with Crippen LogP contribution in [0.1, 0.15) is 41.3 Å². The first kappa shape index (κ1) is 30.7. The Kier molecular flexibility index (Phi) is 10.4. The Labute approximate surface area is 253 Å². The molecule has 3 amide bonds. The standard InChI is InChI=1S/C33H30N4O5S/c1-22(2)24-13-11-23(12-14-24)19-30(36-32(39)25-7-4-3-5-8-25)33(40)35-27-9-6-10-29(20-27)43-21-31(38)34-26-15-17-28(18-16-26)37(41)42/h3-20,22H,21H2,1-2H3,(H,34,38)(H,35,40)(H,36,39)/b30-19+. The van der Waals surface area contributed by atoms with Gasteiger partial charge in [-0.3, -0.25) is 24.5 Å². The lowest BCUT2D eigenvalue weighted by Gasteiger charge is -2.13. The second-order valence-corrected chi connectivity index (χ2v) is 10.9. The number of non-ortho nitro benzene ring substituents is 1. The van der Waals surface area contributed by atoms with E-state index in [9.17, 15) is 24.5 Å². The van der Waals surface area contributed by atoms with Crippen LogP contribution in [0.5, 0.6) is 0 Å². The summed E-state index contributed by atoms with van der Waals surface area (Å²) in [7, 11) is 0. The summed E-state index contributed by atoms with van der Waals surface area (Å²) >= 11 is 1.26. The van der Waals surface area contributed by atoms with E-state index in [0.717, 1.165) is 16.0 Å². The molecule has 0 aliphatic rings. The van der Waals surface area contributed by atoms with Gasteiger partial charge in [-0.05, 0) is 65.6 Å². The minimum Gasteiger partial charge on any atom is -0.325 e. The largest absolute Gasteiger partial charge is 0.325 e. The maximum atomic E-state index is 13.4. The number of carbonyl (C=O) groups is 3. The van der Waals surface area contributed by atoms with Crippen molar-refractivity contribution in [2.75, 3.05) is 16.4 Å². The van der Waals surface area contributed by atoms with Crippen molar-refractivity contribution in [1.82, 2.24) is 5.32 Å². The van der Waals surface area contributed by atoms with Gasteiger partial charge >= 0.3 is 0 Å². The molecule has 43 heavy (non-hydrogen) atoms. The fourth-order valence-corrected chi connectivity index (χ4v) is 4.72. The molecule has 0 heterocycles. The van der Waals surface area contributed by atoms with Gasteiger partial charge in [0.2, 0.25) is 5.91 Å². The lowest BCUT2D eigenvalue weighted by Crippen LogP contribution is -2.30. The molecule has 4 aromatic carbocycles. The summed E-state index contributed by atoms with van der Waals surface area (Å²) < 4.78 is 0. The third-order valence-corrected chi connectivity index (χ3v) is 7.26. The smallest absolute Gasteiger partial charge is 0.272 e. The molecule has 4 aromatic rings. The first-order valence-electron chi connectivity index (χ1n) is 13.4. The second-order valence-electron chi connectivity index (χ2n) is 9.82. The van der Waals surface area contributed by atoms with Crippen molar-refractivity contribution in [2.24, 2.45) is 0 Å². The normalized spacial score (nSPS) is 11.1. The van der Waals surface area contributed by atoms with E-state index >= 15 is 0 Å². The number of nitrogens with zero attached hydrogens (tertiary/aromatic N) is 1. The Balaban J connectivity index is 1.44. The van der Waals surface area contributed by atoms with Crippen molar-refractivity contribution in [1.29, 1.82) is 0 Å². The zero-order chi connectivity index (χ0) is 30.8. The lowest BCUT2D eigenvalue weighted by molar-refractivity contribution is -0.384. The third-order valence-electron chi connectivity index (χ3n) is 6.27. The number of nitrogens with one attached hydrogen (secondary N) is 3. The number of nitro benzene ring substituents is 1. The van der Waals surface area contributed by atoms with Gasteiger partial charge in [0.1, 0.15) is 5.70 Å². The molecule has 10 heteroatoms. The predicted octanol–water partition coefficient (Wildman–Crippen LogP) is 6.86. The van der Waals surface area contributed by atoms with Crippen LogP contribution in [0.15, 0.2) is 114 Å². The molecule has 4 rings (SSSR count). The van der Waals surface area contributed by atoms with Crippen LogP contribution >= 0.6 is 11.8 Å². The molecule has 0 spiro atoms. The molecule has 0 unspecified atom stereocenters. The zero-order valence-electron chi connectivity index (χ0n) is 23.6. The average Bonchev–Trinajstić information content (AvgIpc) is 3.01. The van der Waals surface area contributed by atoms with Crippen LogP contribution in [0, 0.1) is 10.1 Å². The van der Waals surface area contributed by atoms with E-state index in [1.165, 1.54) is 36.0 Å². The first-order valence-corrected chi connectivity index (χ1v) is 14.4. The molecule has 0 saturated carbocycles. The van der Waals surface area contributed by atoms with Crippen LogP contribution in [0.4, 0.5) is 17.1 Å². The minimum absolute atomic E-state index is 0.0621. The number of anilines is 2. The van der Waals surface area contributed by atoms with Crippen molar-refractivity contribution in [3.05, 3.63) is 136 Å². The molecule has 0 aromatic heterocycles. The van der Waals surface area contributed by atoms with Crippen LogP contribution in [0.2, 0.25) is 0 Å². The number of nitro groups is 1. The minimum atomic E-state index is -0.507. The molecule has 0 radical (unpaired) electrons. The summed E-state index contributed by atoms with van der Waals surface area (Å²) in [5.74, 6) is -0.763. The van der Waals surface area contributed by atoms with E-state index in [1.807, 2.05) is 30.3 Å². The summed E-state index contributed by atoms with van der Waals surface area (Å²) in [5, 5.41) is 19.1. The molecule has 9 nitrogen and oxygen atoms in total. The van der Waals surface area contributed by atoms with Crippen LogP contribution in [0.3, 0.4) is 0 Å². The summed E-state index contributed by atoms with van der Waals surface area (Å²) in [6, 6.07) is 29.0. The predicted molar refractivity (Wildman–Crippen MR) is 170 cm³/mol. The number of thioether (sulfide) groups is 1. The highest BCUT2D eigenvalue weighted by molar-refractivity contribution is 8.00. The zero-order valence-corrected chi connectivity index (χ0v) is 24.4. The van der Waals surface area contributed by atoms with Gasteiger partial charge in [-0.15, -0.1) is 11.8 Å². The van der Waals surface area contributed by atoms with E-state index in [0.29, 0.717) is 22.9 Å². The Morgan fingerprint density at radius 1 is 0.837 bits per heavy atom. The van der Waals surface area contributed by atoms with Gasteiger partial charge in [0.25, 0.3) is 17.5 Å². The number of carbonyl (C=O) groups excluding carboxylic acids is 3. The van der Waals surface area contributed by atoms with Gasteiger partial charge < -0.3 is 16.0 Å². The van der Waals surface area contributed by atoms with Crippen molar-refractivity contribution in [3.63, 3.8) is 0 Å². The average molecular weight is 595 g/mol. The Morgan fingerprint density at radius 2 is 1.53 bits per heavy atom. The highest BCUT2D eigenvalue weighted by Gasteiger charge is 2.16. The molecule has 3 N–H and O–H groups in total. The monoisotopic (exact) mass is 594 g/mol. The SMILES string of the molecule is CC(C)c1ccc(/C=C(/NC(=O)c2ccccc2)C(=O)Nc2cccc(SCC(=O)Nc3ccc([N+](=O)[O-])cc3)c2)cc1. The van der Waals surface area contributed by atoms with Crippen LogP contribution in [0.25, 0.3) is 6.08 Å².